The highest BCUT2D eigenvalue weighted by Crippen LogP contribution is 2.57. The standard InChI is InChI=1S/C17H22O2/c1-11(2)19-17(18)16-14-9-8-13(10-14)15(16)12-6-4-3-5-7-12/h3-7,11,13-16H,8-10H2,1-2H3/t13?,14?,15?,16-/m1/s1. The molecule has 3 unspecified atom stereocenters. The number of esters is 1. The minimum Gasteiger partial charge on any atom is -0.463 e. The molecule has 102 valence electrons. The van der Waals surface area contributed by atoms with Crippen LogP contribution in [0.1, 0.15) is 44.6 Å². The maximum Gasteiger partial charge on any atom is 0.310 e. The van der Waals surface area contributed by atoms with Crippen LogP contribution in [0.4, 0.5) is 0 Å². The van der Waals surface area contributed by atoms with Gasteiger partial charge in [0, 0.05) is 5.92 Å². The maximum atomic E-state index is 12.4. The van der Waals surface area contributed by atoms with Gasteiger partial charge in [0.2, 0.25) is 0 Å². The average Bonchev–Trinajstić information content (AvgIpc) is 2.99. The smallest absolute Gasteiger partial charge is 0.310 e. The Morgan fingerprint density at radius 3 is 2.53 bits per heavy atom. The van der Waals surface area contributed by atoms with E-state index in [9.17, 15) is 4.79 Å². The molecule has 2 heteroatoms. The van der Waals surface area contributed by atoms with Gasteiger partial charge in [-0.1, -0.05) is 30.3 Å². The molecule has 0 aliphatic heterocycles. The first kappa shape index (κ1) is 12.7. The van der Waals surface area contributed by atoms with E-state index in [2.05, 4.69) is 24.3 Å². The van der Waals surface area contributed by atoms with E-state index in [4.69, 9.17) is 4.74 Å². The van der Waals surface area contributed by atoms with Crippen molar-refractivity contribution in [3.8, 4) is 0 Å². The first-order chi connectivity index (χ1) is 9.16. The van der Waals surface area contributed by atoms with Gasteiger partial charge in [-0.15, -0.1) is 0 Å². The van der Waals surface area contributed by atoms with E-state index in [0.29, 0.717) is 17.8 Å². The molecule has 0 amide bonds. The lowest BCUT2D eigenvalue weighted by Crippen LogP contribution is -2.31. The Morgan fingerprint density at radius 2 is 1.84 bits per heavy atom. The summed E-state index contributed by atoms with van der Waals surface area (Å²) in [5.41, 5.74) is 1.32. The molecule has 0 saturated heterocycles. The van der Waals surface area contributed by atoms with E-state index < -0.39 is 0 Å². The van der Waals surface area contributed by atoms with Crippen LogP contribution in [-0.4, -0.2) is 12.1 Å². The van der Waals surface area contributed by atoms with Crippen molar-refractivity contribution in [3.63, 3.8) is 0 Å². The molecular weight excluding hydrogens is 236 g/mol. The van der Waals surface area contributed by atoms with Crippen molar-refractivity contribution in [2.24, 2.45) is 17.8 Å². The van der Waals surface area contributed by atoms with Gasteiger partial charge in [0.05, 0.1) is 12.0 Å². The Bertz CT molecular complexity index is 452. The van der Waals surface area contributed by atoms with Crippen LogP contribution in [0.15, 0.2) is 30.3 Å². The highest BCUT2D eigenvalue weighted by atomic mass is 16.5. The van der Waals surface area contributed by atoms with Crippen LogP contribution >= 0.6 is 0 Å². The minimum atomic E-state index is -0.0111. The van der Waals surface area contributed by atoms with Crippen LogP contribution in [0.25, 0.3) is 0 Å². The van der Waals surface area contributed by atoms with Gasteiger partial charge in [0.25, 0.3) is 0 Å². The lowest BCUT2D eigenvalue weighted by Gasteiger charge is -2.30. The Morgan fingerprint density at radius 1 is 1.16 bits per heavy atom. The molecule has 2 nitrogen and oxygen atoms in total. The highest BCUT2D eigenvalue weighted by molar-refractivity contribution is 5.75. The lowest BCUT2D eigenvalue weighted by molar-refractivity contribution is -0.155. The molecule has 2 aliphatic rings. The largest absolute Gasteiger partial charge is 0.463 e. The fraction of sp³-hybridized carbons (Fsp3) is 0.588. The normalized spacial score (nSPS) is 32.8. The minimum absolute atomic E-state index is 0.0111. The number of carbonyl (C=O) groups excluding carboxylic acids is 1. The molecule has 2 saturated carbocycles. The summed E-state index contributed by atoms with van der Waals surface area (Å²) in [7, 11) is 0. The zero-order valence-electron chi connectivity index (χ0n) is 11.7. The second kappa shape index (κ2) is 4.99. The first-order valence-electron chi connectivity index (χ1n) is 7.42. The van der Waals surface area contributed by atoms with Crippen LogP contribution in [0, 0.1) is 17.8 Å². The molecule has 2 bridgehead atoms. The van der Waals surface area contributed by atoms with Gasteiger partial charge >= 0.3 is 5.97 Å². The second-order valence-electron chi connectivity index (χ2n) is 6.28. The molecule has 3 rings (SSSR count). The van der Waals surface area contributed by atoms with Crippen LogP contribution in [0.2, 0.25) is 0 Å². The Hall–Kier alpha value is -1.31. The van der Waals surface area contributed by atoms with E-state index >= 15 is 0 Å². The summed E-state index contributed by atoms with van der Waals surface area (Å²) in [5.74, 6) is 1.71. The summed E-state index contributed by atoms with van der Waals surface area (Å²) in [4.78, 5) is 12.4. The molecule has 1 aromatic carbocycles. The summed E-state index contributed by atoms with van der Waals surface area (Å²) < 4.78 is 5.50. The topological polar surface area (TPSA) is 26.3 Å². The second-order valence-corrected chi connectivity index (χ2v) is 6.28. The fourth-order valence-electron chi connectivity index (χ4n) is 4.10. The van der Waals surface area contributed by atoms with E-state index in [1.165, 1.54) is 24.8 Å². The zero-order valence-corrected chi connectivity index (χ0v) is 11.7. The van der Waals surface area contributed by atoms with E-state index in [1.54, 1.807) is 0 Å². The summed E-state index contributed by atoms with van der Waals surface area (Å²) >= 11 is 0. The van der Waals surface area contributed by atoms with Crippen molar-refractivity contribution < 1.29 is 9.53 Å². The monoisotopic (exact) mass is 258 g/mol. The first-order valence-corrected chi connectivity index (χ1v) is 7.42. The number of benzene rings is 1. The van der Waals surface area contributed by atoms with Crippen LogP contribution in [0.3, 0.4) is 0 Å². The van der Waals surface area contributed by atoms with Crippen LogP contribution in [0.5, 0.6) is 0 Å². The van der Waals surface area contributed by atoms with Crippen molar-refractivity contribution in [1.82, 2.24) is 0 Å². The molecule has 2 aliphatic carbocycles. The lowest BCUT2D eigenvalue weighted by atomic mass is 9.75. The summed E-state index contributed by atoms with van der Waals surface area (Å²) in [6.45, 7) is 3.87. The number of hydrogen-bond acceptors (Lipinski definition) is 2. The third kappa shape index (κ3) is 2.29. The number of carbonyl (C=O) groups is 1. The van der Waals surface area contributed by atoms with Gasteiger partial charge in [-0.3, -0.25) is 4.79 Å². The van der Waals surface area contributed by atoms with Gasteiger partial charge in [-0.2, -0.15) is 0 Å². The number of ether oxygens (including phenoxy) is 1. The number of rotatable bonds is 3. The molecule has 0 N–H and O–H groups in total. The quantitative estimate of drug-likeness (QED) is 0.771. The van der Waals surface area contributed by atoms with Crippen LogP contribution in [-0.2, 0) is 9.53 Å². The number of hydrogen-bond donors (Lipinski definition) is 0. The summed E-state index contributed by atoms with van der Waals surface area (Å²) in [6, 6.07) is 10.5. The van der Waals surface area contributed by atoms with E-state index in [1.807, 2.05) is 19.9 Å². The van der Waals surface area contributed by atoms with Crippen molar-refractivity contribution in [2.45, 2.75) is 45.1 Å². The van der Waals surface area contributed by atoms with Crippen molar-refractivity contribution in [1.29, 1.82) is 0 Å². The molecule has 0 heterocycles. The van der Waals surface area contributed by atoms with Crippen molar-refractivity contribution in [3.05, 3.63) is 35.9 Å². The van der Waals surface area contributed by atoms with Crippen molar-refractivity contribution in [2.75, 3.05) is 0 Å². The Kier molecular flexibility index (Phi) is 3.34. The van der Waals surface area contributed by atoms with E-state index in [-0.39, 0.29) is 18.0 Å². The zero-order chi connectivity index (χ0) is 13.4. The molecule has 2 fully saturated rings. The molecule has 4 atom stereocenters. The predicted molar refractivity (Wildman–Crippen MR) is 74.7 cm³/mol. The third-order valence-corrected chi connectivity index (χ3v) is 4.72. The highest BCUT2D eigenvalue weighted by Gasteiger charge is 2.52. The van der Waals surface area contributed by atoms with Crippen LogP contribution < -0.4 is 0 Å². The average molecular weight is 258 g/mol. The number of fused-ring (bicyclic) bond motifs is 2. The van der Waals surface area contributed by atoms with Gasteiger partial charge in [0.1, 0.15) is 0 Å². The summed E-state index contributed by atoms with van der Waals surface area (Å²) in [6.07, 6.45) is 3.67. The molecule has 1 aromatic rings. The molecular formula is C17H22O2. The maximum absolute atomic E-state index is 12.4. The fourth-order valence-corrected chi connectivity index (χ4v) is 4.10. The molecule has 0 radical (unpaired) electrons. The van der Waals surface area contributed by atoms with E-state index in [0.717, 1.165) is 0 Å². The van der Waals surface area contributed by atoms with Gasteiger partial charge in [0.15, 0.2) is 0 Å². The van der Waals surface area contributed by atoms with Gasteiger partial charge in [-0.05, 0) is 50.5 Å². The Balaban J connectivity index is 1.86. The predicted octanol–water partition coefficient (Wildman–Crippen LogP) is 3.77. The summed E-state index contributed by atoms with van der Waals surface area (Å²) in [5, 5.41) is 0. The third-order valence-electron chi connectivity index (χ3n) is 4.72. The van der Waals surface area contributed by atoms with Gasteiger partial charge in [-0.25, -0.2) is 0 Å². The Labute approximate surface area is 115 Å². The van der Waals surface area contributed by atoms with Gasteiger partial charge < -0.3 is 4.74 Å². The molecule has 0 aromatic heterocycles. The van der Waals surface area contributed by atoms with Crippen molar-refractivity contribution >= 4 is 5.97 Å². The SMILES string of the molecule is CC(C)OC(=O)[C@@H]1C2CCC(C2)C1c1ccccc1. The molecule has 0 spiro atoms. The molecule has 19 heavy (non-hydrogen) atoms.